The van der Waals surface area contributed by atoms with Crippen LogP contribution in [-0.2, 0) is 0 Å². The lowest BCUT2D eigenvalue weighted by atomic mass is 10.1. The van der Waals surface area contributed by atoms with Gasteiger partial charge >= 0.3 is 0 Å². The highest BCUT2D eigenvalue weighted by molar-refractivity contribution is 5.56. The van der Waals surface area contributed by atoms with E-state index in [-0.39, 0.29) is 17.4 Å². The van der Waals surface area contributed by atoms with Crippen molar-refractivity contribution in [1.29, 1.82) is 0 Å². The lowest BCUT2D eigenvalue weighted by Crippen LogP contribution is -2.10. The van der Waals surface area contributed by atoms with Crippen LogP contribution in [-0.4, -0.2) is 16.7 Å². The zero-order valence-electron chi connectivity index (χ0n) is 10.1. The summed E-state index contributed by atoms with van der Waals surface area (Å²) in [6.07, 6.45) is 0. The molecule has 0 saturated heterocycles. The van der Waals surface area contributed by atoms with E-state index in [0.717, 1.165) is 0 Å². The molecule has 0 fully saturated rings. The monoisotopic (exact) mass is 253 g/mol. The third-order valence-corrected chi connectivity index (χ3v) is 2.73. The first kappa shape index (κ1) is 12.6. The van der Waals surface area contributed by atoms with Crippen molar-refractivity contribution < 1.29 is 13.3 Å². The van der Waals surface area contributed by atoms with E-state index in [1.807, 2.05) is 0 Å². The first-order chi connectivity index (χ1) is 8.54. The molecule has 2 N–H and O–H groups in total. The third kappa shape index (κ3) is 2.11. The van der Waals surface area contributed by atoms with Crippen LogP contribution in [0.1, 0.15) is 24.2 Å². The number of hydrogen-bond acceptors (Lipinski definition) is 4. The fraction of sp³-hybridized carbons (Fsp3) is 0.333. The average Bonchev–Trinajstić information content (AvgIpc) is 2.83. The van der Waals surface area contributed by atoms with Gasteiger partial charge in [-0.3, -0.25) is 0 Å². The van der Waals surface area contributed by atoms with Crippen LogP contribution in [0.25, 0.3) is 11.5 Å². The summed E-state index contributed by atoms with van der Waals surface area (Å²) in [5, 5.41) is 3.68. The Bertz CT molecular complexity index is 568. The molecular formula is C12H13F2N3O. The van der Waals surface area contributed by atoms with Crippen LogP contribution in [0, 0.1) is 18.6 Å². The molecule has 0 aliphatic carbocycles. The van der Waals surface area contributed by atoms with Gasteiger partial charge in [-0.05, 0) is 18.6 Å². The molecule has 0 amide bonds. The van der Waals surface area contributed by atoms with Crippen molar-refractivity contribution in [2.75, 3.05) is 6.54 Å². The molecule has 0 bridgehead atoms. The van der Waals surface area contributed by atoms with E-state index in [2.05, 4.69) is 10.1 Å². The SMILES string of the molecule is Cc1ccc(F)c(-c2nc(C(C)CN)no2)c1F. The van der Waals surface area contributed by atoms with Gasteiger partial charge in [-0.25, -0.2) is 8.78 Å². The van der Waals surface area contributed by atoms with Crippen LogP contribution in [0.2, 0.25) is 0 Å². The first-order valence-corrected chi connectivity index (χ1v) is 5.53. The standard InChI is InChI=1S/C12H13F2N3O/c1-6-3-4-8(13)9(10(6)14)12-16-11(17-18-12)7(2)5-15/h3-4,7H,5,15H2,1-2H3. The highest BCUT2D eigenvalue weighted by Crippen LogP contribution is 2.27. The maximum absolute atomic E-state index is 13.8. The molecule has 0 radical (unpaired) electrons. The molecular weight excluding hydrogens is 240 g/mol. The Kier molecular flexibility index (Phi) is 3.38. The Morgan fingerprint density at radius 1 is 1.39 bits per heavy atom. The van der Waals surface area contributed by atoms with Gasteiger partial charge in [0, 0.05) is 12.5 Å². The van der Waals surface area contributed by atoms with Crippen LogP contribution in [0.4, 0.5) is 8.78 Å². The molecule has 1 atom stereocenters. The minimum atomic E-state index is -0.728. The second-order valence-corrected chi connectivity index (χ2v) is 4.15. The summed E-state index contributed by atoms with van der Waals surface area (Å²) in [5.41, 5.74) is 5.49. The Labute approximate surface area is 103 Å². The summed E-state index contributed by atoms with van der Waals surface area (Å²) in [7, 11) is 0. The largest absolute Gasteiger partial charge is 0.334 e. The van der Waals surface area contributed by atoms with E-state index in [1.54, 1.807) is 6.92 Å². The molecule has 1 aromatic carbocycles. The molecule has 0 saturated carbocycles. The predicted molar refractivity (Wildman–Crippen MR) is 61.9 cm³/mol. The topological polar surface area (TPSA) is 64.9 Å². The molecule has 96 valence electrons. The number of hydrogen-bond donors (Lipinski definition) is 1. The minimum absolute atomic E-state index is 0.126. The lowest BCUT2D eigenvalue weighted by Gasteiger charge is -2.02. The lowest BCUT2D eigenvalue weighted by molar-refractivity contribution is 0.413. The maximum atomic E-state index is 13.8. The van der Waals surface area contributed by atoms with Crippen LogP contribution in [0.5, 0.6) is 0 Å². The summed E-state index contributed by atoms with van der Waals surface area (Å²) >= 11 is 0. The van der Waals surface area contributed by atoms with Gasteiger partial charge in [0.15, 0.2) is 5.82 Å². The molecule has 1 aromatic heterocycles. The zero-order chi connectivity index (χ0) is 13.3. The van der Waals surface area contributed by atoms with Crippen molar-refractivity contribution in [2.24, 2.45) is 5.73 Å². The number of aryl methyl sites for hydroxylation is 1. The maximum Gasteiger partial charge on any atom is 0.263 e. The number of nitrogens with two attached hydrogens (primary N) is 1. The molecule has 2 aromatic rings. The van der Waals surface area contributed by atoms with Gasteiger partial charge < -0.3 is 10.3 Å². The van der Waals surface area contributed by atoms with E-state index in [0.29, 0.717) is 17.9 Å². The van der Waals surface area contributed by atoms with Gasteiger partial charge in [0.2, 0.25) is 0 Å². The van der Waals surface area contributed by atoms with Gasteiger partial charge in [-0.15, -0.1) is 0 Å². The molecule has 4 nitrogen and oxygen atoms in total. The van der Waals surface area contributed by atoms with Crippen molar-refractivity contribution >= 4 is 0 Å². The fourth-order valence-electron chi connectivity index (χ4n) is 1.49. The van der Waals surface area contributed by atoms with Crippen molar-refractivity contribution in [2.45, 2.75) is 19.8 Å². The second kappa shape index (κ2) is 4.81. The van der Waals surface area contributed by atoms with E-state index in [1.165, 1.54) is 19.1 Å². The fourth-order valence-corrected chi connectivity index (χ4v) is 1.49. The van der Waals surface area contributed by atoms with Gasteiger partial charge in [-0.2, -0.15) is 4.98 Å². The van der Waals surface area contributed by atoms with Gasteiger partial charge in [0.1, 0.15) is 17.2 Å². The number of rotatable bonds is 3. The van der Waals surface area contributed by atoms with E-state index in [4.69, 9.17) is 10.3 Å². The highest BCUT2D eigenvalue weighted by atomic mass is 19.1. The van der Waals surface area contributed by atoms with Crippen molar-refractivity contribution in [3.8, 4) is 11.5 Å². The summed E-state index contributed by atoms with van der Waals surface area (Å²) in [5.74, 6) is -1.37. The summed E-state index contributed by atoms with van der Waals surface area (Å²) < 4.78 is 32.4. The minimum Gasteiger partial charge on any atom is -0.334 e. The number of halogens is 2. The molecule has 0 aliphatic rings. The van der Waals surface area contributed by atoms with Crippen molar-refractivity contribution in [1.82, 2.24) is 10.1 Å². The molecule has 1 heterocycles. The van der Waals surface area contributed by atoms with Crippen molar-refractivity contribution in [3.05, 3.63) is 35.2 Å². The van der Waals surface area contributed by atoms with E-state index in [9.17, 15) is 8.78 Å². The number of nitrogens with zero attached hydrogens (tertiary/aromatic N) is 2. The van der Waals surface area contributed by atoms with Crippen LogP contribution in [0.15, 0.2) is 16.7 Å². The first-order valence-electron chi connectivity index (χ1n) is 5.53. The van der Waals surface area contributed by atoms with E-state index < -0.39 is 11.6 Å². The molecule has 18 heavy (non-hydrogen) atoms. The van der Waals surface area contributed by atoms with Gasteiger partial charge in [-0.1, -0.05) is 18.1 Å². The van der Waals surface area contributed by atoms with Crippen LogP contribution in [0.3, 0.4) is 0 Å². The predicted octanol–water partition coefficient (Wildman–Crippen LogP) is 2.39. The Balaban J connectivity index is 2.49. The molecule has 1 unspecified atom stereocenters. The van der Waals surface area contributed by atoms with Gasteiger partial charge in [0.25, 0.3) is 5.89 Å². The summed E-state index contributed by atoms with van der Waals surface area (Å²) in [6, 6.07) is 2.53. The highest BCUT2D eigenvalue weighted by Gasteiger charge is 2.21. The summed E-state index contributed by atoms with van der Waals surface area (Å²) in [4.78, 5) is 3.98. The van der Waals surface area contributed by atoms with Crippen LogP contribution >= 0.6 is 0 Å². The zero-order valence-corrected chi connectivity index (χ0v) is 10.1. The number of aromatic nitrogens is 2. The second-order valence-electron chi connectivity index (χ2n) is 4.15. The average molecular weight is 253 g/mol. The normalized spacial score (nSPS) is 12.7. The third-order valence-electron chi connectivity index (χ3n) is 2.73. The molecule has 6 heteroatoms. The summed E-state index contributed by atoms with van der Waals surface area (Å²) in [6.45, 7) is 3.67. The molecule has 0 spiro atoms. The molecule has 0 aliphatic heterocycles. The Morgan fingerprint density at radius 3 is 2.78 bits per heavy atom. The van der Waals surface area contributed by atoms with Crippen molar-refractivity contribution in [3.63, 3.8) is 0 Å². The van der Waals surface area contributed by atoms with Gasteiger partial charge in [0.05, 0.1) is 0 Å². The molecule has 2 rings (SSSR count). The van der Waals surface area contributed by atoms with Crippen LogP contribution < -0.4 is 5.73 Å². The smallest absolute Gasteiger partial charge is 0.263 e. The quantitative estimate of drug-likeness (QED) is 0.912. The van der Waals surface area contributed by atoms with E-state index >= 15 is 0 Å². The Morgan fingerprint density at radius 2 is 2.11 bits per heavy atom. The Hall–Kier alpha value is -1.82. The number of benzene rings is 1.